The monoisotopic (exact) mass is 289 g/mol. The number of thiophene rings is 1. The molecule has 2 aromatic heterocycles. The summed E-state index contributed by atoms with van der Waals surface area (Å²) >= 11 is 1.52. The summed E-state index contributed by atoms with van der Waals surface area (Å²) in [6.07, 6.45) is 2.10. The van der Waals surface area contributed by atoms with Crippen molar-refractivity contribution in [1.29, 1.82) is 0 Å². The van der Waals surface area contributed by atoms with E-state index in [0.29, 0.717) is 0 Å². The van der Waals surface area contributed by atoms with E-state index in [1.165, 1.54) is 22.6 Å². The number of nitrogens with zero attached hydrogens (tertiary/aromatic N) is 3. The average molecular weight is 289 g/mol. The van der Waals surface area contributed by atoms with Gasteiger partial charge in [0.2, 0.25) is 0 Å². The molecule has 106 valence electrons. The summed E-state index contributed by atoms with van der Waals surface area (Å²) in [4.78, 5) is 15.5. The molecule has 1 atom stereocenters. The predicted octanol–water partition coefficient (Wildman–Crippen LogP) is 3.08. The lowest BCUT2D eigenvalue weighted by atomic mass is 10.0. The Hall–Kier alpha value is -1.62. The molecular formula is C15H19N3OS. The van der Waals surface area contributed by atoms with Gasteiger partial charge in [0.05, 0.1) is 16.6 Å². The zero-order chi connectivity index (χ0) is 14.3. The normalized spacial score (nSPS) is 18.8. The van der Waals surface area contributed by atoms with Crippen molar-refractivity contribution >= 4 is 17.2 Å². The first-order valence-electron chi connectivity index (χ1n) is 6.94. The van der Waals surface area contributed by atoms with Crippen LogP contribution in [-0.4, -0.2) is 27.1 Å². The molecule has 1 aliphatic heterocycles. The number of rotatable bonds is 2. The maximum absolute atomic E-state index is 12.6. The van der Waals surface area contributed by atoms with Gasteiger partial charge in [0.1, 0.15) is 0 Å². The third-order valence-electron chi connectivity index (χ3n) is 4.14. The topological polar surface area (TPSA) is 38.1 Å². The van der Waals surface area contributed by atoms with Crippen molar-refractivity contribution in [3.05, 3.63) is 39.3 Å². The molecule has 2 aromatic rings. The first kappa shape index (κ1) is 13.4. The first-order valence-corrected chi connectivity index (χ1v) is 7.82. The zero-order valence-electron chi connectivity index (χ0n) is 12.1. The molecule has 20 heavy (non-hydrogen) atoms. The molecule has 1 amide bonds. The molecule has 0 aromatic carbocycles. The maximum atomic E-state index is 12.6. The van der Waals surface area contributed by atoms with Crippen LogP contribution in [0.15, 0.2) is 17.5 Å². The number of hydrogen-bond donors (Lipinski definition) is 0. The number of likely N-dealkylation sites (tertiary alicyclic amines) is 1. The number of carbonyl (C=O) groups excluding carboxylic acids is 1. The lowest BCUT2D eigenvalue weighted by molar-refractivity contribution is 0.0740. The van der Waals surface area contributed by atoms with Crippen molar-refractivity contribution in [3.63, 3.8) is 0 Å². The Kier molecular flexibility index (Phi) is 3.38. The van der Waals surface area contributed by atoms with Gasteiger partial charge in [0.25, 0.3) is 5.91 Å². The number of amides is 1. The van der Waals surface area contributed by atoms with Crippen LogP contribution in [0, 0.1) is 13.8 Å². The van der Waals surface area contributed by atoms with Crippen LogP contribution in [0.5, 0.6) is 0 Å². The molecule has 1 aliphatic rings. The van der Waals surface area contributed by atoms with Crippen molar-refractivity contribution in [2.45, 2.75) is 32.7 Å². The van der Waals surface area contributed by atoms with E-state index >= 15 is 0 Å². The lowest BCUT2D eigenvalue weighted by Crippen LogP contribution is -2.30. The third-order valence-corrected chi connectivity index (χ3v) is 5.00. The third kappa shape index (κ3) is 2.06. The lowest BCUT2D eigenvalue weighted by Gasteiger charge is -2.25. The van der Waals surface area contributed by atoms with Crippen molar-refractivity contribution in [1.82, 2.24) is 14.7 Å². The standard InChI is InChI=1S/C15H19N3OS/c1-10-14(11(2)17(3)16-10)12-6-4-8-18(12)15(19)13-7-5-9-20-13/h5,7,9,12H,4,6,8H2,1-3H3/t12-/m1/s1. The highest BCUT2D eigenvalue weighted by atomic mass is 32.1. The zero-order valence-corrected chi connectivity index (χ0v) is 12.9. The second-order valence-corrected chi connectivity index (χ2v) is 6.29. The molecule has 1 fully saturated rings. The fraction of sp³-hybridized carbons (Fsp3) is 0.467. The maximum Gasteiger partial charge on any atom is 0.264 e. The number of aryl methyl sites for hydroxylation is 2. The van der Waals surface area contributed by atoms with E-state index in [2.05, 4.69) is 12.0 Å². The van der Waals surface area contributed by atoms with Crippen molar-refractivity contribution < 1.29 is 4.79 Å². The Morgan fingerprint density at radius 2 is 2.25 bits per heavy atom. The van der Waals surface area contributed by atoms with Crippen LogP contribution < -0.4 is 0 Å². The van der Waals surface area contributed by atoms with Gasteiger partial charge in [-0.1, -0.05) is 6.07 Å². The van der Waals surface area contributed by atoms with Gasteiger partial charge >= 0.3 is 0 Å². The highest BCUT2D eigenvalue weighted by molar-refractivity contribution is 7.12. The summed E-state index contributed by atoms with van der Waals surface area (Å²) in [5.41, 5.74) is 3.44. The van der Waals surface area contributed by atoms with E-state index in [1.54, 1.807) is 0 Å². The highest BCUT2D eigenvalue weighted by Crippen LogP contribution is 2.36. The molecule has 1 saturated heterocycles. The minimum absolute atomic E-state index is 0.158. The molecule has 0 radical (unpaired) electrons. The van der Waals surface area contributed by atoms with Gasteiger partial charge in [-0.2, -0.15) is 5.10 Å². The summed E-state index contributed by atoms with van der Waals surface area (Å²) in [6.45, 7) is 4.96. The first-order chi connectivity index (χ1) is 9.59. The number of aromatic nitrogens is 2. The van der Waals surface area contributed by atoms with E-state index in [1.807, 2.05) is 41.1 Å². The van der Waals surface area contributed by atoms with Gasteiger partial charge in [-0.3, -0.25) is 9.48 Å². The van der Waals surface area contributed by atoms with Crippen molar-refractivity contribution in [2.75, 3.05) is 6.54 Å². The molecule has 3 heterocycles. The Morgan fingerprint density at radius 1 is 1.45 bits per heavy atom. The Balaban J connectivity index is 1.95. The molecule has 0 unspecified atom stereocenters. The van der Waals surface area contributed by atoms with Gasteiger partial charge in [-0.25, -0.2) is 0 Å². The van der Waals surface area contributed by atoms with E-state index in [-0.39, 0.29) is 11.9 Å². The van der Waals surface area contributed by atoms with Crippen LogP contribution in [0.3, 0.4) is 0 Å². The Bertz CT molecular complexity index is 630. The van der Waals surface area contributed by atoms with Crippen LogP contribution in [-0.2, 0) is 7.05 Å². The van der Waals surface area contributed by atoms with E-state index < -0.39 is 0 Å². The molecular weight excluding hydrogens is 270 g/mol. The summed E-state index contributed by atoms with van der Waals surface area (Å²) in [6, 6.07) is 4.02. The van der Waals surface area contributed by atoms with Gasteiger partial charge in [0.15, 0.2) is 0 Å². The minimum Gasteiger partial charge on any atom is -0.331 e. The van der Waals surface area contributed by atoms with E-state index in [9.17, 15) is 4.79 Å². The number of carbonyl (C=O) groups is 1. The van der Waals surface area contributed by atoms with Crippen LogP contribution in [0.25, 0.3) is 0 Å². The fourth-order valence-corrected chi connectivity index (χ4v) is 3.80. The largest absolute Gasteiger partial charge is 0.331 e. The van der Waals surface area contributed by atoms with Crippen molar-refractivity contribution in [2.24, 2.45) is 7.05 Å². The van der Waals surface area contributed by atoms with Crippen LogP contribution in [0.4, 0.5) is 0 Å². The quantitative estimate of drug-likeness (QED) is 0.852. The molecule has 3 rings (SSSR count). The fourth-order valence-electron chi connectivity index (χ4n) is 3.12. The molecule has 0 bridgehead atoms. The van der Waals surface area contributed by atoms with E-state index in [4.69, 9.17) is 0 Å². The van der Waals surface area contributed by atoms with Crippen LogP contribution in [0.1, 0.15) is 45.5 Å². The second kappa shape index (κ2) is 5.05. The number of hydrogen-bond acceptors (Lipinski definition) is 3. The molecule has 0 aliphatic carbocycles. The van der Waals surface area contributed by atoms with Gasteiger partial charge in [0, 0.05) is 24.8 Å². The Morgan fingerprint density at radius 3 is 2.85 bits per heavy atom. The average Bonchev–Trinajstić information content (AvgIpc) is 3.12. The molecule has 0 N–H and O–H groups in total. The summed E-state index contributed by atoms with van der Waals surface area (Å²) in [5.74, 6) is 0.158. The summed E-state index contributed by atoms with van der Waals surface area (Å²) < 4.78 is 1.91. The van der Waals surface area contributed by atoms with Gasteiger partial charge < -0.3 is 4.90 Å². The van der Waals surface area contributed by atoms with Crippen LogP contribution >= 0.6 is 11.3 Å². The molecule has 5 heteroatoms. The summed E-state index contributed by atoms with van der Waals surface area (Å²) in [7, 11) is 1.96. The summed E-state index contributed by atoms with van der Waals surface area (Å²) in [5, 5.41) is 6.45. The highest BCUT2D eigenvalue weighted by Gasteiger charge is 2.34. The van der Waals surface area contributed by atoms with Gasteiger partial charge in [-0.15, -0.1) is 11.3 Å². The molecule has 0 saturated carbocycles. The Labute approximate surface area is 123 Å². The minimum atomic E-state index is 0.158. The smallest absolute Gasteiger partial charge is 0.264 e. The SMILES string of the molecule is Cc1nn(C)c(C)c1[C@H]1CCCN1C(=O)c1cccs1. The molecule has 4 nitrogen and oxygen atoms in total. The van der Waals surface area contributed by atoms with Gasteiger partial charge in [-0.05, 0) is 38.1 Å². The predicted molar refractivity (Wildman–Crippen MR) is 80.0 cm³/mol. The van der Waals surface area contributed by atoms with Crippen LogP contribution in [0.2, 0.25) is 0 Å². The second-order valence-electron chi connectivity index (χ2n) is 5.34. The van der Waals surface area contributed by atoms with Crippen molar-refractivity contribution in [3.8, 4) is 0 Å². The molecule has 0 spiro atoms. The van der Waals surface area contributed by atoms with E-state index in [0.717, 1.165) is 30.0 Å².